The molecule has 0 radical (unpaired) electrons. The van der Waals surface area contributed by atoms with Crippen molar-refractivity contribution in [3.63, 3.8) is 0 Å². The van der Waals surface area contributed by atoms with Crippen LogP contribution in [0.1, 0.15) is 12.0 Å². The Balaban J connectivity index is 2.50. The molecule has 122 valence electrons. The molecule has 0 atom stereocenters. The third-order valence-corrected chi connectivity index (χ3v) is 3.29. The third kappa shape index (κ3) is 4.39. The van der Waals surface area contributed by atoms with E-state index in [0.717, 1.165) is 0 Å². The van der Waals surface area contributed by atoms with E-state index in [1.165, 1.54) is 6.07 Å². The van der Waals surface area contributed by atoms with Crippen LogP contribution in [0.5, 0.6) is 0 Å². The van der Waals surface area contributed by atoms with Crippen LogP contribution in [-0.4, -0.2) is 11.9 Å². The summed E-state index contributed by atoms with van der Waals surface area (Å²) in [6, 6.07) is 6.39. The largest absolute Gasteiger partial charge is 0.370 e. The van der Waals surface area contributed by atoms with Crippen LogP contribution in [0.15, 0.2) is 83.4 Å². The first-order chi connectivity index (χ1) is 11.5. The number of amides is 1. The summed E-state index contributed by atoms with van der Waals surface area (Å²) in [4.78, 5) is 15.6. The van der Waals surface area contributed by atoms with Crippen molar-refractivity contribution in [2.24, 2.45) is 16.5 Å². The lowest BCUT2D eigenvalue weighted by atomic mass is 9.95. The Kier molecular flexibility index (Phi) is 5.63. The zero-order chi connectivity index (χ0) is 17.5. The first kappa shape index (κ1) is 17.1. The molecule has 5 heteroatoms. The van der Waals surface area contributed by atoms with Crippen LogP contribution >= 0.6 is 0 Å². The summed E-state index contributed by atoms with van der Waals surface area (Å²) >= 11 is 0. The van der Waals surface area contributed by atoms with Crippen molar-refractivity contribution in [2.75, 3.05) is 0 Å². The monoisotopic (exact) mass is 323 g/mol. The number of hydrogen-bond acceptors (Lipinski definition) is 1. The molecule has 0 unspecified atom stereocenters. The smallest absolute Gasteiger partial charge is 0.280 e. The Hall–Kier alpha value is -3.21. The fraction of sp³-hybridized carbons (Fsp3) is 0.0526. The van der Waals surface area contributed by atoms with Crippen LogP contribution in [0, 0.1) is 5.82 Å². The molecule has 0 aliphatic heterocycles. The maximum absolute atomic E-state index is 14.1. The van der Waals surface area contributed by atoms with E-state index in [1.54, 1.807) is 42.5 Å². The highest BCUT2D eigenvalue weighted by molar-refractivity contribution is 6.04. The molecule has 4 N–H and O–H groups in total. The van der Waals surface area contributed by atoms with E-state index in [-0.39, 0.29) is 17.3 Å². The normalized spacial score (nSPS) is 21.6. The third-order valence-electron chi connectivity index (χ3n) is 3.29. The number of hydrogen-bond donors (Lipinski definition) is 2. The zero-order valence-corrected chi connectivity index (χ0v) is 13.1. The molecule has 0 aromatic heterocycles. The number of halogens is 1. The van der Waals surface area contributed by atoms with Gasteiger partial charge in [-0.05, 0) is 29.7 Å². The van der Waals surface area contributed by atoms with Crippen LogP contribution in [-0.2, 0) is 4.79 Å². The number of allylic oxidation sites excluding steroid dienone is 7. The van der Waals surface area contributed by atoms with Gasteiger partial charge in [0.15, 0.2) is 5.96 Å². The highest BCUT2D eigenvalue weighted by atomic mass is 19.1. The molecular weight excluding hydrogens is 305 g/mol. The van der Waals surface area contributed by atoms with Gasteiger partial charge >= 0.3 is 0 Å². The van der Waals surface area contributed by atoms with E-state index in [9.17, 15) is 9.18 Å². The predicted octanol–water partition coefficient (Wildman–Crippen LogP) is 3.01. The van der Waals surface area contributed by atoms with E-state index in [4.69, 9.17) is 11.5 Å². The summed E-state index contributed by atoms with van der Waals surface area (Å²) in [5, 5.41) is 0. The molecule has 24 heavy (non-hydrogen) atoms. The molecule has 0 heterocycles. The summed E-state index contributed by atoms with van der Waals surface area (Å²) in [6.45, 7) is 3.96. The van der Waals surface area contributed by atoms with Gasteiger partial charge in [0.05, 0.1) is 0 Å². The molecule has 0 saturated carbocycles. The van der Waals surface area contributed by atoms with Gasteiger partial charge in [0, 0.05) is 11.1 Å². The predicted molar refractivity (Wildman–Crippen MR) is 95.3 cm³/mol. The Morgan fingerprint density at radius 2 is 1.96 bits per heavy atom. The molecule has 1 amide bonds. The van der Waals surface area contributed by atoms with E-state index in [1.807, 2.05) is 12.2 Å². The number of nitrogens with two attached hydrogens (primary N) is 2. The lowest BCUT2D eigenvalue weighted by molar-refractivity contribution is -0.114. The van der Waals surface area contributed by atoms with Crippen LogP contribution in [0.3, 0.4) is 0 Å². The fourth-order valence-corrected chi connectivity index (χ4v) is 2.19. The number of carbonyl (C=O) groups excluding carboxylic acids is 1. The average Bonchev–Trinajstić information content (AvgIpc) is 2.53. The molecular formula is C19H18FN3O. The number of carbonyl (C=O) groups is 1. The topological polar surface area (TPSA) is 81.5 Å². The lowest BCUT2D eigenvalue weighted by Gasteiger charge is -2.10. The van der Waals surface area contributed by atoms with Crippen molar-refractivity contribution < 1.29 is 9.18 Å². The van der Waals surface area contributed by atoms with Gasteiger partial charge in [0.1, 0.15) is 5.82 Å². The number of benzene rings is 1. The zero-order valence-electron chi connectivity index (χ0n) is 13.1. The van der Waals surface area contributed by atoms with Gasteiger partial charge in [0.25, 0.3) is 5.91 Å². The number of guanidine groups is 1. The fourth-order valence-electron chi connectivity index (χ4n) is 2.19. The van der Waals surface area contributed by atoms with Gasteiger partial charge in [-0.1, -0.05) is 55.2 Å². The van der Waals surface area contributed by atoms with Gasteiger partial charge in [0.2, 0.25) is 0 Å². The lowest BCUT2D eigenvalue weighted by Crippen LogP contribution is -2.24. The van der Waals surface area contributed by atoms with Gasteiger partial charge in [-0.2, -0.15) is 4.99 Å². The van der Waals surface area contributed by atoms with Crippen LogP contribution < -0.4 is 11.5 Å². The molecule has 0 fully saturated rings. The van der Waals surface area contributed by atoms with Crippen LogP contribution in [0.25, 0.3) is 5.57 Å². The van der Waals surface area contributed by atoms with Crippen molar-refractivity contribution in [3.05, 3.63) is 89.8 Å². The van der Waals surface area contributed by atoms with Crippen molar-refractivity contribution in [2.45, 2.75) is 6.42 Å². The summed E-state index contributed by atoms with van der Waals surface area (Å²) < 4.78 is 14.1. The Bertz CT molecular complexity index is 810. The molecule has 0 bridgehead atoms. The van der Waals surface area contributed by atoms with E-state index in [0.29, 0.717) is 23.1 Å². The summed E-state index contributed by atoms with van der Waals surface area (Å²) in [6.07, 6.45) is 11.1. The minimum atomic E-state index is -0.579. The standard InChI is InChI=1S/C19H18FN3O/c1-13-12-14(18(24)23-19(21)22)8-4-2-3-5-9-15(13)16-10-6-7-11-17(16)20/h3-12H,1-2H2,(H4,21,22,23,24)/b5-3-,8-4-,14-12+,15-9+. The number of rotatable bonds is 2. The van der Waals surface area contributed by atoms with Gasteiger partial charge in [-0.3, -0.25) is 4.79 Å². The Morgan fingerprint density at radius 3 is 2.67 bits per heavy atom. The van der Waals surface area contributed by atoms with Crippen LogP contribution in [0.4, 0.5) is 4.39 Å². The first-order valence-electron chi connectivity index (χ1n) is 7.32. The second-order valence-corrected chi connectivity index (χ2v) is 5.09. The summed E-state index contributed by atoms with van der Waals surface area (Å²) in [7, 11) is 0. The molecule has 1 aliphatic carbocycles. The van der Waals surface area contributed by atoms with Crippen molar-refractivity contribution in [1.82, 2.24) is 0 Å². The highest BCUT2D eigenvalue weighted by Gasteiger charge is 2.12. The van der Waals surface area contributed by atoms with Gasteiger partial charge in [-0.25, -0.2) is 4.39 Å². The molecule has 1 aromatic carbocycles. The van der Waals surface area contributed by atoms with E-state index in [2.05, 4.69) is 11.6 Å². The minimum Gasteiger partial charge on any atom is -0.370 e. The molecule has 0 spiro atoms. The first-order valence-corrected chi connectivity index (χ1v) is 7.32. The average molecular weight is 323 g/mol. The van der Waals surface area contributed by atoms with Crippen molar-refractivity contribution >= 4 is 17.4 Å². The number of aliphatic imine (C=N–C) groups is 1. The minimum absolute atomic E-state index is 0.269. The second kappa shape index (κ2) is 7.87. The molecule has 4 nitrogen and oxygen atoms in total. The van der Waals surface area contributed by atoms with E-state index >= 15 is 0 Å². The molecule has 1 aliphatic rings. The maximum atomic E-state index is 14.1. The second-order valence-electron chi connectivity index (χ2n) is 5.09. The van der Waals surface area contributed by atoms with Crippen LogP contribution in [0.2, 0.25) is 0 Å². The summed E-state index contributed by atoms with van der Waals surface area (Å²) in [5.41, 5.74) is 12.2. The Morgan fingerprint density at radius 1 is 1.21 bits per heavy atom. The molecule has 0 saturated heterocycles. The van der Waals surface area contributed by atoms with Gasteiger partial charge in [-0.15, -0.1) is 0 Å². The van der Waals surface area contributed by atoms with Crippen molar-refractivity contribution in [3.8, 4) is 0 Å². The molecule has 2 rings (SSSR count). The summed E-state index contributed by atoms with van der Waals surface area (Å²) in [5.74, 6) is -1.26. The van der Waals surface area contributed by atoms with Gasteiger partial charge < -0.3 is 11.5 Å². The van der Waals surface area contributed by atoms with E-state index < -0.39 is 5.91 Å². The maximum Gasteiger partial charge on any atom is 0.280 e. The molecule has 1 aromatic rings. The quantitative estimate of drug-likeness (QED) is 0.648. The van der Waals surface area contributed by atoms with Crippen molar-refractivity contribution in [1.29, 1.82) is 0 Å². The number of nitrogens with zero attached hydrogens (tertiary/aromatic N) is 1. The highest BCUT2D eigenvalue weighted by Crippen LogP contribution is 2.27. The Labute approximate surface area is 140 Å². The SMILES string of the molecule is C=C1/C=C(C(=O)N=C(N)N)\C=C/C/C=C\C=C/1c1ccccc1F.